The average molecular weight is 267 g/mol. The van der Waals surface area contributed by atoms with Crippen LogP contribution in [0.25, 0.3) is 0 Å². The predicted molar refractivity (Wildman–Crippen MR) is 68.1 cm³/mol. The van der Waals surface area contributed by atoms with Crippen LogP contribution in [0.15, 0.2) is 10.9 Å². The van der Waals surface area contributed by atoms with Crippen molar-refractivity contribution in [2.75, 3.05) is 25.1 Å². The van der Waals surface area contributed by atoms with E-state index in [9.17, 15) is 9.59 Å². The maximum Gasteiger partial charge on any atom is 0.308 e. The van der Waals surface area contributed by atoms with Crippen LogP contribution in [0.3, 0.4) is 0 Å². The highest BCUT2D eigenvalue weighted by atomic mass is 16.5. The summed E-state index contributed by atoms with van der Waals surface area (Å²) in [5.74, 6) is -0.796. The lowest BCUT2D eigenvalue weighted by Crippen LogP contribution is -2.40. The van der Waals surface area contributed by atoms with E-state index >= 15 is 0 Å². The van der Waals surface area contributed by atoms with Crippen molar-refractivity contribution in [3.63, 3.8) is 0 Å². The summed E-state index contributed by atoms with van der Waals surface area (Å²) >= 11 is 0. The fourth-order valence-corrected chi connectivity index (χ4v) is 2.24. The van der Waals surface area contributed by atoms with Crippen molar-refractivity contribution in [3.8, 4) is 0 Å². The van der Waals surface area contributed by atoms with Crippen LogP contribution in [0.1, 0.15) is 18.5 Å². The number of carboxylic acids is 1. The van der Waals surface area contributed by atoms with Gasteiger partial charge in [0.2, 0.25) is 5.95 Å². The molecule has 0 amide bonds. The van der Waals surface area contributed by atoms with Gasteiger partial charge in [0.25, 0.3) is 5.56 Å². The monoisotopic (exact) mass is 267 g/mol. The van der Waals surface area contributed by atoms with Crippen LogP contribution in [0.5, 0.6) is 0 Å². The zero-order chi connectivity index (χ0) is 13.8. The number of aromatic nitrogens is 2. The summed E-state index contributed by atoms with van der Waals surface area (Å²) < 4.78 is 4.96. The molecule has 1 atom stereocenters. The molecule has 1 aliphatic heterocycles. The summed E-state index contributed by atoms with van der Waals surface area (Å²) in [6, 6.07) is 1.38. The van der Waals surface area contributed by atoms with Crippen molar-refractivity contribution in [1.82, 2.24) is 9.97 Å². The molecular weight excluding hydrogens is 250 g/mol. The molecule has 1 saturated heterocycles. The molecular formula is C12H17N3O4. The van der Waals surface area contributed by atoms with Gasteiger partial charge in [-0.15, -0.1) is 0 Å². The number of piperidine rings is 1. The van der Waals surface area contributed by atoms with E-state index in [1.807, 2.05) is 4.90 Å². The number of H-pyrrole nitrogens is 1. The number of hydrogen-bond acceptors (Lipinski definition) is 5. The quantitative estimate of drug-likeness (QED) is 0.810. The average Bonchev–Trinajstić information content (AvgIpc) is 2.38. The van der Waals surface area contributed by atoms with E-state index < -0.39 is 11.9 Å². The molecule has 104 valence electrons. The van der Waals surface area contributed by atoms with Crippen molar-refractivity contribution >= 4 is 11.9 Å². The Kier molecular flexibility index (Phi) is 4.16. The number of hydrogen-bond donors (Lipinski definition) is 2. The number of aliphatic carboxylic acids is 1. The number of carboxylic acid groups (broad SMARTS) is 1. The maximum absolute atomic E-state index is 11.5. The van der Waals surface area contributed by atoms with E-state index in [0.717, 1.165) is 6.42 Å². The molecule has 2 N–H and O–H groups in total. The Morgan fingerprint density at radius 1 is 1.68 bits per heavy atom. The standard InChI is InChI=1S/C12H17N3O4/c1-19-7-9-5-10(16)14-12(13-9)15-4-2-3-8(6-15)11(17)18/h5,8H,2-4,6-7H2,1H3,(H,17,18)(H,13,14,16)/t8-/m1/s1. The summed E-state index contributed by atoms with van der Waals surface area (Å²) in [5, 5.41) is 9.06. The van der Waals surface area contributed by atoms with Gasteiger partial charge in [0.1, 0.15) is 0 Å². The first-order valence-electron chi connectivity index (χ1n) is 6.17. The number of aromatic amines is 1. The lowest BCUT2D eigenvalue weighted by molar-refractivity contribution is -0.141. The van der Waals surface area contributed by atoms with E-state index in [2.05, 4.69) is 9.97 Å². The van der Waals surface area contributed by atoms with Gasteiger partial charge < -0.3 is 14.7 Å². The molecule has 19 heavy (non-hydrogen) atoms. The topological polar surface area (TPSA) is 95.5 Å². The Labute approximate surface area is 110 Å². The third-order valence-corrected chi connectivity index (χ3v) is 3.14. The largest absolute Gasteiger partial charge is 0.481 e. The van der Waals surface area contributed by atoms with Crippen molar-refractivity contribution in [2.24, 2.45) is 5.92 Å². The van der Waals surface area contributed by atoms with Crippen LogP contribution in [0.2, 0.25) is 0 Å². The van der Waals surface area contributed by atoms with Gasteiger partial charge in [-0.2, -0.15) is 0 Å². The molecule has 0 unspecified atom stereocenters. The number of carbonyl (C=O) groups is 1. The van der Waals surface area contributed by atoms with E-state index in [-0.39, 0.29) is 12.2 Å². The Balaban J connectivity index is 2.20. The highest BCUT2D eigenvalue weighted by Crippen LogP contribution is 2.20. The minimum absolute atomic E-state index is 0.255. The third kappa shape index (κ3) is 3.31. The summed E-state index contributed by atoms with van der Waals surface area (Å²) in [5.41, 5.74) is 0.285. The molecule has 2 rings (SSSR count). The maximum atomic E-state index is 11.5. The summed E-state index contributed by atoms with van der Waals surface area (Å²) in [4.78, 5) is 31.3. The lowest BCUT2D eigenvalue weighted by atomic mass is 9.99. The van der Waals surface area contributed by atoms with E-state index in [1.54, 1.807) is 0 Å². The normalized spacial score (nSPS) is 19.4. The zero-order valence-electron chi connectivity index (χ0n) is 10.8. The number of rotatable bonds is 4. The second-order valence-corrected chi connectivity index (χ2v) is 4.62. The van der Waals surface area contributed by atoms with Gasteiger partial charge in [-0.25, -0.2) is 4.98 Å². The van der Waals surface area contributed by atoms with Crippen molar-refractivity contribution in [2.45, 2.75) is 19.4 Å². The number of methoxy groups -OCH3 is 1. The van der Waals surface area contributed by atoms with Crippen LogP contribution in [0.4, 0.5) is 5.95 Å². The molecule has 0 aromatic carbocycles. The van der Waals surface area contributed by atoms with Crippen molar-refractivity contribution in [1.29, 1.82) is 0 Å². The van der Waals surface area contributed by atoms with Crippen LogP contribution < -0.4 is 10.5 Å². The molecule has 1 aromatic rings. The fourth-order valence-electron chi connectivity index (χ4n) is 2.24. The number of anilines is 1. The first kappa shape index (κ1) is 13.5. The summed E-state index contributed by atoms with van der Waals surface area (Å²) in [7, 11) is 1.53. The number of ether oxygens (including phenoxy) is 1. The van der Waals surface area contributed by atoms with Crippen LogP contribution in [-0.4, -0.2) is 41.2 Å². The van der Waals surface area contributed by atoms with Gasteiger partial charge in [0.15, 0.2) is 0 Å². The smallest absolute Gasteiger partial charge is 0.308 e. The number of nitrogens with one attached hydrogen (secondary N) is 1. The van der Waals surface area contributed by atoms with Gasteiger partial charge in [0.05, 0.1) is 18.2 Å². The van der Waals surface area contributed by atoms with Crippen molar-refractivity contribution < 1.29 is 14.6 Å². The zero-order valence-corrected chi connectivity index (χ0v) is 10.8. The molecule has 7 nitrogen and oxygen atoms in total. The Morgan fingerprint density at radius 3 is 3.16 bits per heavy atom. The molecule has 1 fully saturated rings. The van der Waals surface area contributed by atoms with Gasteiger partial charge in [-0.3, -0.25) is 14.6 Å². The minimum Gasteiger partial charge on any atom is -0.481 e. The highest BCUT2D eigenvalue weighted by Gasteiger charge is 2.26. The van der Waals surface area contributed by atoms with Gasteiger partial charge in [-0.05, 0) is 12.8 Å². The van der Waals surface area contributed by atoms with Gasteiger partial charge in [-0.1, -0.05) is 0 Å². The molecule has 0 aliphatic carbocycles. The summed E-state index contributed by atoms with van der Waals surface area (Å²) in [6.45, 7) is 1.32. The second kappa shape index (κ2) is 5.83. The van der Waals surface area contributed by atoms with Gasteiger partial charge >= 0.3 is 5.97 Å². The first-order chi connectivity index (χ1) is 9.10. The fraction of sp³-hybridized carbons (Fsp3) is 0.583. The van der Waals surface area contributed by atoms with Crippen LogP contribution >= 0.6 is 0 Å². The molecule has 2 heterocycles. The SMILES string of the molecule is COCc1cc(=O)[nH]c(N2CCC[C@@H](C(=O)O)C2)n1. The molecule has 7 heteroatoms. The molecule has 0 spiro atoms. The van der Waals surface area contributed by atoms with Crippen LogP contribution in [-0.2, 0) is 16.1 Å². The lowest BCUT2D eigenvalue weighted by Gasteiger charge is -2.31. The molecule has 1 aromatic heterocycles. The second-order valence-electron chi connectivity index (χ2n) is 4.62. The first-order valence-corrected chi connectivity index (χ1v) is 6.17. The Hall–Kier alpha value is -1.89. The Bertz CT molecular complexity index is 514. The van der Waals surface area contributed by atoms with Gasteiger partial charge in [0, 0.05) is 26.3 Å². The Morgan fingerprint density at radius 2 is 2.47 bits per heavy atom. The van der Waals surface area contributed by atoms with E-state index in [0.29, 0.717) is 31.2 Å². The van der Waals surface area contributed by atoms with Crippen LogP contribution in [0, 0.1) is 5.92 Å². The molecule has 1 aliphatic rings. The third-order valence-electron chi connectivity index (χ3n) is 3.14. The van der Waals surface area contributed by atoms with E-state index in [1.165, 1.54) is 13.2 Å². The predicted octanol–water partition coefficient (Wildman–Crippen LogP) is 0.217. The van der Waals surface area contributed by atoms with Crippen molar-refractivity contribution in [3.05, 3.63) is 22.1 Å². The molecule has 0 saturated carbocycles. The molecule has 0 radical (unpaired) electrons. The summed E-state index contributed by atoms with van der Waals surface area (Å²) in [6.07, 6.45) is 1.43. The molecule has 0 bridgehead atoms. The highest BCUT2D eigenvalue weighted by molar-refractivity contribution is 5.71. The number of nitrogens with zero attached hydrogens (tertiary/aromatic N) is 2. The van der Waals surface area contributed by atoms with E-state index in [4.69, 9.17) is 9.84 Å². The minimum atomic E-state index is -0.805.